The highest BCUT2D eigenvalue weighted by Crippen LogP contribution is 2.44. The van der Waals surface area contributed by atoms with E-state index in [0.29, 0.717) is 17.5 Å². The van der Waals surface area contributed by atoms with Crippen LogP contribution in [-0.2, 0) is 0 Å². The molecule has 9 aromatic carbocycles. The summed E-state index contributed by atoms with van der Waals surface area (Å²) < 4.78 is 2.65. The molecule has 3 aromatic heterocycles. The Morgan fingerprint density at radius 1 is 0.305 bits per heavy atom. The number of hydrogen-bond acceptors (Lipinski definition) is 5. The SMILES string of the molecule is c1ccc(-c2nc(-c3ccc(-c4ccc5c(c4)c4ccccc4c4cc6c(cc54)sc4ccc5ccccc5c46)cc3)nc(-c3ccc(-c4ccccn4)cc3)n2)cc1. The van der Waals surface area contributed by atoms with Crippen LogP contribution in [0.4, 0.5) is 0 Å². The van der Waals surface area contributed by atoms with Gasteiger partial charge in [-0.05, 0) is 90.6 Å². The molecular formula is C54H32N4S. The second kappa shape index (κ2) is 13.5. The Labute approximate surface area is 343 Å². The highest BCUT2D eigenvalue weighted by atomic mass is 32.1. The van der Waals surface area contributed by atoms with Gasteiger partial charge in [-0.15, -0.1) is 11.3 Å². The Morgan fingerprint density at radius 2 is 0.847 bits per heavy atom. The molecule has 0 saturated heterocycles. The van der Waals surface area contributed by atoms with Crippen LogP contribution >= 0.6 is 11.3 Å². The van der Waals surface area contributed by atoms with Gasteiger partial charge in [0.15, 0.2) is 17.5 Å². The molecule has 0 atom stereocenters. The first-order valence-corrected chi connectivity index (χ1v) is 20.6. The number of fused-ring (bicyclic) bond motifs is 11. The van der Waals surface area contributed by atoms with Crippen molar-refractivity contribution in [1.82, 2.24) is 19.9 Å². The van der Waals surface area contributed by atoms with Gasteiger partial charge in [-0.25, -0.2) is 15.0 Å². The zero-order chi connectivity index (χ0) is 38.9. The molecule has 0 fully saturated rings. The summed E-state index contributed by atoms with van der Waals surface area (Å²) in [6.45, 7) is 0. The average Bonchev–Trinajstić information content (AvgIpc) is 3.69. The fraction of sp³-hybridized carbons (Fsp3) is 0. The largest absolute Gasteiger partial charge is 0.256 e. The normalized spacial score (nSPS) is 11.7. The van der Waals surface area contributed by atoms with E-state index in [2.05, 4.69) is 145 Å². The van der Waals surface area contributed by atoms with Crippen molar-refractivity contribution >= 4 is 74.6 Å². The molecule has 4 nitrogen and oxygen atoms in total. The first-order valence-electron chi connectivity index (χ1n) is 19.8. The highest BCUT2D eigenvalue weighted by molar-refractivity contribution is 7.26. The van der Waals surface area contributed by atoms with Crippen LogP contribution in [0.15, 0.2) is 194 Å². The minimum Gasteiger partial charge on any atom is -0.256 e. The number of rotatable bonds is 5. The molecule has 59 heavy (non-hydrogen) atoms. The third kappa shape index (κ3) is 5.66. The van der Waals surface area contributed by atoms with Crippen molar-refractivity contribution in [2.75, 3.05) is 0 Å². The number of nitrogens with zero attached hydrogens (tertiary/aromatic N) is 4. The van der Waals surface area contributed by atoms with E-state index in [0.717, 1.165) is 39.1 Å². The number of thiophene rings is 1. The van der Waals surface area contributed by atoms with Gasteiger partial charge in [0.05, 0.1) is 5.69 Å². The van der Waals surface area contributed by atoms with Crippen LogP contribution in [0.3, 0.4) is 0 Å². The Morgan fingerprint density at radius 3 is 1.54 bits per heavy atom. The van der Waals surface area contributed by atoms with Crippen LogP contribution < -0.4 is 0 Å². The molecule has 0 bridgehead atoms. The topological polar surface area (TPSA) is 51.6 Å². The molecule has 0 aliphatic carbocycles. The summed E-state index contributed by atoms with van der Waals surface area (Å²) in [6.07, 6.45) is 1.81. The van der Waals surface area contributed by atoms with Crippen LogP contribution in [0.1, 0.15) is 0 Å². The van der Waals surface area contributed by atoms with Crippen molar-refractivity contribution in [3.63, 3.8) is 0 Å². The summed E-state index contributed by atoms with van der Waals surface area (Å²) in [6, 6.07) is 66.8. The summed E-state index contributed by atoms with van der Waals surface area (Å²) in [4.78, 5) is 19.5. The highest BCUT2D eigenvalue weighted by Gasteiger charge is 2.16. The van der Waals surface area contributed by atoms with Crippen LogP contribution in [0, 0.1) is 0 Å². The summed E-state index contributed by atoms with van der Waals surface area (Å²) in [7, 11) is 0. The van der Waals surface area contributed by atoms with Gasteiger partial charge in [0.25, 0.3) is 0 Å². The Bertz CT molecular complexity index is 3580. The van der Waals surface area contributed by atoms with Crippen LogP contribution in [0.2, 0.25) is 0 Å². The number of pyridine rings is 1. The van der Waals surface area contributed by atoms with Crippen LogP contribution in [-0.4, -0.2) is 19.9 Å². The summed E-state index contributed by atoms with van der Waals surface area (Å²) in [5.41, 5.74) is 7.05. The zero-order valence-electron chi connectivity index (χ0n) is 31.7. The molecular weight excluding hydrogens is 737 g/mol. The fourth-order valence-corrected chi connectivity index (χ4v) is 9.80. The van der Waals surface area contributed by atoms with Crippen LogP contribution in [0.25, 0.3) is 120 Å². The molecule has 0 aliphatic rings. The molecule has 274 valence electrons. The summed E-state index contributed by atoms with van der Waals surface area (Å²) in [5, 5.41) is 12.9. The summed E-state index contributed by atoms with van der Waals surface area (Å²) in [5.74, 6) is 1.89. The van der Waals surface area contributed by atoms with E-state index in [1.165, 1.54) is 63.3 Å². The van der Waals surface area contributed by atoms with Gasteiger partial charge in [-0.1, -0.05) is 152 Å². The van der Waals surface area contributed by atoms with Gasteiger partial charge in [0, 0.05) is 48.6 Å². The van der Waals surface area contributed by atoms with Crippen molar-refractivity contribution in [2.24, 2.45) is 0 Å². The first-order chi connectivity index (χ1) is 29.2. The predicted octanol–water partition coefficient (Wildman–Crippen LogP) is 14.6. The van der Waals surface area contributed by atoms with Crippen molar-refractivity contribution in [3.8, 4) is 56.5 Å². The minimum absolute atomic E-state index is 0.625. The molecule has 0 N–H and O–H groups in total. The number of benzene rings is 9. The second-order valence-corrected chi connectivity index (χ2v) is 16.1. The van der Waals surface area contributed by atoms with Gasteiger partial charge < -0.3 is 0 Å². The molecule has 0 unspecified atom stereocenters. The fourth-order valence-electron chi connectivity index (χ4n) is 8.66. The molecule has 12 aromatic rings. The molecule has 0 amide bonds. The third-order valence-corrected chi connectivity index (χ3v) is 12.7. The maximum atomic E-state index is 5.02. The maximum absolute atomic E-state index is 5.02. The van der Waals surface area contributed by atoms with E-state index in [1.54, 1.807) is 0 Å². The Kier molecular flexibility index (Phi) is 7.68. The quantitative estimate of drug-likeness (QED) is 0.164. The Hall–Kier alpha value is -7.60. The van der Waals surface area contributed by atoms with E-state index in [9.17, 15) is 0 Å². The van der Waals surface area contributed by atoms with Gasteiger partial charge >= 0.3 is 0 Å². The van der Waals surface area contributed by atoms with Crippen molar-refractivity contribution in [2.45, 2.75) is 0 Å². The van der Waals surface area contributed by atoms with Gasteiger partial charge in [-0.3, -0.25) is 4.98 Å². The summed E-state index contributed by atoms with van der Waals surface area (Å²) >= 11 is 1.89. The minimum atomic E-state index is 0.625. The predicted molar refractivity (Wildman–Crippen MR) is 248 cm³/mol. The lowest BCUT2D eigenvalue weighted by atomic mass is 9.91. The molecule has 3 heterocycles. The first kappa shape index (κ1) is 33.5. The van der Waals surface area contributed by atoms with E-state index in [-0.39, 0.29) is 0 Å². The lowest BCUT2D eigenvalue weighted by Crippen LogP contribution is -2.00. The lowest BCUT2D eigenvalue weighted by Gasteiger charge is -2.13. The molecule has 0 spiro atoms. The second-order valence-electron chi connectivity index (χ2n) is 15.0. The van der Waals surface area contributed by atoms with Gasteiger partial charge in [-0.2, -0.15) is 0 Å². The Balaban J connectivity index is 0.953. The standard InChI is InChI=1S/C54H32N4S/c1-2-11-36(12-3-1)52-56-53(58-54(57-52)38-23-19-35(20-24-38)48-16-8-9-29-55-48)37-21-17-33(18-22-37)39-25-27-43-44(30-39)41-14-6-7-15-42(41)45-31-47-50(32-46(43)45)59-49-28-26-34-10-4-5-13-40(34)51(47)49/h1-32H. The zero-order valence-corrected chi connectivity index (χ0v) is 32.5. The van der Waals surface area contributed by atoms with Crippen molar-refractivity contribution in [3.05, 3.63) is 194 Å². The van der Waals surface area contributed by atoms with E-state index in [1.807, 2.05) is 66.1 Å². The number of aromatic nitrogens is 4. The number of hydrogen-bond donors (Lipinski definition) is 0. The van der Waals surface area contributed by atoms with Crippen molar-refractivity contribution < 1.29 is 0 Å². The van der Waals surface area contributed by atoms with E-state index in [4.69, 9.17) is 15.0 Å². The molecule has 0 aliphatic heterocycles. The lowest BCUT2D eigenvalue weighted by molar-refractivity contribution is 1.07. The molecule has 5 heteroatoms. The third-order valence-electron chi connectivity index (χ3n) is 11.6. The average molecular weight is 769 g/mol. The monoisotopic (exact) mass is 768 g/mol. The van der Waals surface area contributed by atoms with E-state index >= 15 is 0 Å². The molecule has 12 rings (SSSR count). The molecule has 0 saturated carbocycles. The van der Waals surface area contributed by atoms with Gasteiger partial charge in [0.2, 0.25) is 0 Å². The molecule has 0 radical (unpaired) electrons. The smallest absolute Gasteiger partial charge is 0.164 e. The maximum Gasteiger partial charge on any atom is 0.164 e. The van der Waals surface area contributed by atoms with Crippen molar-refractivity contribution in [1.29, 1.82) is 0 Å². The van der Waals surface area contributed by atoms with Crippen LogP contribution in [0.5, 0.6) is 0 Å². The van der Waals surface area contributed by atoms with Gasteiger partial charge in [0.1, 0.15) is 0 Å². The van der Waals surface area contributed by atoms with E-state index < -0.39 is 0 Å².